The molecule has 0 aromatic carbocycles. The van der Waals surface area contributed by atoms with Crippen LogP contribution >= 0.6 is 0 Å². The Morgan fingerprint density at radius 3 is 2.95 bits per heavy atom. The van der Waals surface area contributed by atoms with Crippen molar-refractivity contribution in [3.63, 3.8) is 0 Å². The number of carbonyl (C=O) groups is 1. The van der Waals surface area contributed by atoms with E-state index in [4.69, 9.17) is 9.47 Å². The molecular weight excluding hydrogens is 282 g/mol. The summed E-state index contributed by atoms with van der Waals surface area (Å²) in [6.45, 7) is 7.20. The van der Waals surface area contributed by atoms with Gasteiger partial charge in [-0.2, -0.15) is 0 Å². The second-order valence-electron chi connectivity index (χ2n) is 6.11. The first kappa shape index (κ1) is 16.8. The number of aromatic nitrogens is 2. The van der Waals surface area contributed by atoms with E-state index in [1.807, 2.05) is 6.92 Å². The lowest BCUT2D eigenvalue weighted by Gasteiger charge is -2.30. The molecule has 1 amide bonds. The van der Waals surface area contributed by atoms with Crippen LogP contribution in [0.1, 0.15) is 42.3 Å². The monoisotopic (exact) mass is 307 g/mol. The van der Waals surface area contributed by atoms with Crippen molar-refractivity contribution in [2.24, 2.45) is 5.92 Å². The summed E-state index contributed by atoms with van der Waals surface area (Å²) in [5.74, 6) is 0.932. The van der Waals surface area contributed by atoms with E-state index in [0.29, 0.717) is 30.7 Å². The summed E-state index contributed by atoms with van der Waals surface area (Å²) in [6.07, 6.45) is 1.46. The van der Waals surface area contributed by atoms with Gasteiger partial charge in [-0.1, -0.05) is 13.8 Å². The summed E-state index contributed by atoms with van der Waals surface area (Å²) < 4.78 is 10.7. The van der Waals surface area contributed by atoms with Crippen molar-refractivity contribution in [1.82, 2.24) is 15.3 Å². The molecule has 0 radical (unpaired) electrons. The van der Waals surface area contributed by atoms with Gasteiger partial charge in [0, 0.05) is 19.4 Å². The minimum absolute atomic E-state index is 0.0462. The van der Waals surface area contributed by atoms with Crippen molar-refractivity contribution in [2.75, 3.05) is 20.3 Å². The Hall–Kier alpha value is -1.53. The van der Waals surface area contributed by atoms with Crippen LogP contribution in [0, 0.1) is 12.8 Å². The molecule has 6 heteroatoms. The van der Waals surface area contributed by atoms with Gasteiger partial charge >= 0.3 is 0 Å². The molecule has 1 N–H and O–H groups in total. The number of nitrogens with zero attached hydrogens (tertiary/aromatic N) is 2. The van der Waals surface area contributed by atoms with E-state index in [-0.39, 0.29) is 18.1 Å². The fraction of sp³-hybridized carbons (Fsp3) is 0.688. The zero-order chi connectivity index (χ0) is 16.1. The average molecular weight is 307 g/mol. The van der Waals surface area contributed by atoms with Gasteiger partial charge in [0.05, 0.1) is 12.6 Å². The van der Waals surface area contributed by atoms with Crippen LogP contribution in [0.3, 0.4) is 0 Å². The highest BCUT2D eigenvalue weighted by molar-refractivity contribution is 5.92. The number of hydrogen-bond acceptors (Lipinski definition) is 5. The predicted molar refractivity (Wildman–Crippen MR) is 82.8 cm³/mol. The molecule has 1 aromatic rings. The van der Waals surface area contributed by atoms with Crippen LogP contribution in [-0.4, -0.2) is 48.3 Å². The highest BCUT2D eigenvalue weighted by atomic mass is 16.5. The molecule has 1 fully saturated rings. The van der Waals surface area contributed by atoms with Crippen LogP contribution in [0.2, 0.25) is 0 Å². The van der Waals surface area contributed by atoms with Gasteiger partial charge in [-0.3, -0.25) is 4.79 Å². The molecule has 22 heavy (non-hydrogen) atoms. The van der Waals surface area contributed by atoms with Crippen LogP contribution in [0.25, 0.3) is 0 Å². The third-order valence-electron chi connectivity index (χ3n) is 3.66. The van der Waals surface area contributed by atoms with Crippen LogP contribution < -0.4 is 5.32 Å². The van der Waals surface area contributed by atoms with Crippen molar-refractivity contribution >= 4 is 5.91 Å². The number of methoxy groups -OCH3 is 1. The normalized spacial score (nSPS) is 21.9. The molecule has 1 aliphatic rings. The molecule has 2 heterocycles. The molecule has 122 valence electrons. The highest BCUT2D eigenvalue weighted by Gasteiger charge is 2.27. The molecule has 0 bridgehead atoms. The largest absolute Gasteiger partial charge is 0.379 e. The zero-order valence-corrected chi connectivity index (χ0v) is 13.8. The average Bonchev–Trinajstić information content (AvgIpc) is 2.46. The van der Waals surface area contributed by atoms with E-state index in [9.17, 15) is 4.79 Å². The number of amides is 1. The maximum Gasteiger partial charge on any atom is 0.270 e. The molecule has 6 nitrogen and oxygen atoms in total. The Balaban J connectivity index is 2.09. The number of rotatable bonds is 5. The lowest BCUT2D eigenvalue weighted by molar-refractivity contribution is -0.0479. The van der Waals surface area contributed by atoms with Crippen molar-refractivity contribution in [3.05, 3.63) is 23.3 Å². The standard InChI is InChI=1S/C16H25N3O3/c1-10(2)7-12-8-14(18-11(3)17-12)16(20)19-13-5-6-22-9-15(13)21-4/h8,10,13,15H,5-7,9H2,1-4H3,(H,19,20)/t13-,15-/m1/s1. The number of hydrogen-bond donors (Lipinski definition) is 1. The van der Waals surface area contributed by atoms with Crippen LogP contribution in [0.15, 0.2) is 6.07 Å². The van der Waals surface area contributed by atoms with Crippen LogP contribution in [0.5, 0.6) is 0 Å². The molecule has 0 saturated carbocycles. The van der Waals surface area contributed by atoms with E-state index < -0.39 is 0 Å². The number of aryl methyl sites for hydroxylation is 1. The van der Waals surface area contributed by atoms with Gasteiger partial charge in [0.1, 0.15) is 17.6 Å². The molecule has 0 unspecified atom stereocenters. The van der Waals surface area contributed by atoms with Gasteiger partial charge in [0.2, 0.25) is 0 Å². The Kier molecular flexibility index (Phi) is 5.85. The second kappa shape index (κ2) is 7.65. The highest BCUT2D eigenvalue weighted by Crippen LogP contribution is 2.12. The lowest BCUT2D eigenvalue weighted by atomic mass is 10.1. The predicted octanol–water partition coefficient (Wildman–Crippen LogP) is 1.52. The van der Waals surface area contributed by atoms with E-state index in [0.717, 1.165) is 18.5 Å². The molecular formula is C16H25N3O3. The fourth-order valence-corrected chi connectivity index (χ4v) is 2.62. The quantitative estimate of drug-likeness (QED) is 0.893. The fourth-order valence-electron chi connectivity index (χ4n) is 2.62. The summed E-state index contributed by atoms with van der Waals surface area (Å²) in [5, 5.41) is 3.01. The maximum absolute atomic E-state index is 12.5. The summed E-state index contributed by atoms with van der Waals surface area (Å²) in [6, 6.07) is 1.73. The number of carbonyl (C=O) groups excluding carboxylic acids is 1. The van der Waals surface area contributed by atoms with Crippen molar-refractivity contribution < 1.29 is 14.3 Å². The molecule has 0 aliphatic carbocycles. The minimum atomic E-state index is -0.176. The maximum atomic E-state index is 12.5. The Morgan fingerprint density at radius 1 is 1.50 bits per heavy atom. The van der Waals surface area contributed by atoms with Crippen LogP contribution in [0.4, 0.5) is 0 Å². The number of nitrogens with one attached hydrogen (secondary N) is 1. The minimum Gasteiger partial charge on any atom is -0.379 e. The summed E-state index contributed by atoms with van der Waals surface area (Å²) in [7, 11) is 1.63. The SMILES string of the molecule is CO[C@@H]1COCC[C@H]1NC(=O)c1cc(CC(C)C)nc(C)n1. The van der Waals surface area contributed by atoms with E-state index in [1.165, 1.54) is 0 Å². The first-order valence-corrected chi connectivity index (χ1v) is 7.75. The van der Waals surface area contributed by atoms with Gasteiger partial charge in [-0.05, 0) is 31.7 Å². The van der Waals surface area contributed by atoms with Crippen LogP contribution in [-0.2, 0) is 15.9 Å². The van der Waals surface area contributed by atoms with E-state index >= 15 is 0 Å². The zero-order valence-electron chi connectivity index (χ0n) is 13.8. The second-order valence-corrected chi connectivity index (χ2v) is 6.11. The summed E-state index contributed by atoms with van der Waals surface area (Å²) in [4.78, 5) is 21.1. The van der Waals surface area contributed by atoms with E-state index in [1.54, 1.807) is 13.2 Å². The van der Waals surface area contributed by atoms with Gasteiger partial charge in [0.25, 0.3) is 5.91 Å². The molecule has 1 saturated heterocycles. The van der Waals surface area contributed by atoms with Gasteiger partial charge in [-0.15, -0.1) is 0 Å². The molecule has 2 atom stereocenters. The first-order valence-electron chi connectivity index (χ1n) is 7.75. The molecule has 2 rings (SSSR count). The smallest absolute Gasteiger partial charge is 0.270 e. The molecule has 1 aliphatic heterocycles. The third-order valence-corrected chi connectivity index (χ3v) is 3.66. The molecule has 0 spiro atoms. The van der Waals surface area contributed by atoms with Crippen molar-refractivity contribution in [3.8, 4) is 0 Å². The van der Waals surface area contributed by atoms with Crippen molar-refractivity contribution in [2.45, 2.75) is 45.8 Å². The van der Waals surface area contributed by atoms with Crippen molar-refractivity contribution in [1.29, 1.82) is 0 Å². The Bertz CT molecular complexity index is 519. The topological polar surface area (TPSA) is 73.3 Å². The van der Waals surface area contributed by atoms with Gasteiger partial charge < -0.3 is 14.8 Å². The Labute approximate surface area is 131 Å². The van der Waals surface area contributed by atoms with Gasteiger partial charge in [0.15, 0.2) is 0 Å². The number of ether oxygens (including phenoxy) is 2. The lowest BCUT2D eigenvalue weighted by Crippen LogP contribution is -2.49. The van der Waals surface area contributed by atoms with E-state index in [2.05, 4.69) is 29.1 Å². The van der Waals surface area contributed by atoms with Gasteiger partial charge in [-0.25, -0.2) is 9.97 Å². The third kappa shape index (κ3) is 4.48. The Morgan fingerprint density at radius 2 is 2.27 bits per heavy atom. The summed E-state index contributed by atoms with van der Waals surface area (Å²) >= 11 is 0. The molecule has 1 aromatic heterocycles. The first-order chi connectivity index (χ1) is 10.5. The summed E-state index contributed by atoms with van der Waals surface area (Å²) in [5.41, 5.74) is 1.33.